The van der Waals surface area contributed by atoms with Crippen molar-refractivity contribution in [2.24, 2.45) is 0 Å². The molecule has 116 valence electrons. The van der Waals surface area contributed by atoms with E-state index in [0.29, 0.717) is 30.2 Å². The number of methoxy groups -OCH3 is 1. The van der Waals surface area contributed by atoms with E-state index in [4.69, 9.17) is 4.74 Å². The average Bonchev–Trinajstić information content (AvgIpc) is 2.46. The maximum Gasteiger partial charge on any atom is 0.164 e. The lowest BCUT2D eigenvalue weighted by Gasteiger charge is -2.34. The van der Waals surface area contributed by atoms with Crippen LogP contribution in [0, 0.1) is 0 Å². The summed E-state index contributed by atoms with van der Waals surface area (Å²) < 4.78 is 29.2. The zero-order valence-electron chi connectivity index (χ0n) is 12.1. The van der Waals surface area contributed by atoms with Crippen LogP contribution in [0.2, 0.25) is 0 Å². The van der Waals surface area contributed by atoms with Crippen molar-refractivity contribution in [3.05, 3.63) is 29.3 Å². The predicted octanol–water partition coefficient (Wildman–Crippen LogP) is 1.43. The van der Waals surface area contributed by atoms with E-state index < -0.39 is 15.2 Å². The standard InChI is InChI=1S/C14H19NO4S2/c1-19-13-4-3-11(9-16)7-12(13)8-15-5-6-20-10-14(15)21(2,17)18/h3-4,7,9,14H,5-6,8,10H2,1-2H3. The number of benzene rings is 1. The van der Waals surface area contributed by atoms with Crippen LogP contribution in [0.4, 0.5) is 0 Å². The molecule has 1 atom stereocenters. The normalized spacial score (nSPS) is 20.2. The maximum atomic E-state index is 11.9. The number of hydrogen-bond acceptors (Lipinski definition) is 6. The number of hydrogen-bond donors (Lipinski definition) is 0. The first kappa shape index (κ1) is 16.3. The zero-order chi connectivity index (χ0) is 15.5. The summed E-state index contributed by atoms with van der Waals surface area (Å²) in [7, 11) is -1.57. The Morgan fingerprint density at radius 1 is 1.48 bits per heavy atom. The van der Waals surface area contributed by atoms with Gasteiger partial charge in [-0.15, -0.1) is 0 Å². The molecule has 0 aliphatic carbocycles. The molecular weight excluding hydrogens is 310 g/mol. The van der Waals surface area contributed by atoms with Gasteiger partial charge in [-0.05, 0) is 18.2 Å². The first-order chi connectivity index (χ1) is 9.95. The van der Waals surface area contributed by atoms with Crippen molar-refractivity contribution in [1.82, 2.24) is 4.90 Å². The summed E-state index contributed by atoms with van der Waals surface area (Å²) in [5, 5.41) is -0.485. The Balaban J connectivity index is 2.28. The van der Waals surface area contributed by atoms with Crippen molar-refractivity contribution < 1.29 is 17.9 Å². The zero-order valence-corrected chi connectivity index (χ0v) is 13.7. The third kappa shape index (κ3) is 3.99. The fourth-order valence-electron chi connectivity index (χ4n) is 2.40. The van der Waals surface area contributed by atoms with E-state index in [2.05, 4.69) is 0 Å². The highest BCUT2D eigenvalue weighted by Crippen LogP contribution is 2.26. The number of thioether (sulfide) groups is 1. The molecule has 0 N–H and O–H groups in total. The third-order valence-electron chi connectivity index (χ3n) is 3.50. The fourth-order valence-corrected chi connectivity index (χ4v) is 5.35. The molecule has 1 aliphatic rings. The number of rotatable bonds is 5. The van der Waals surface area contributed by atoms with Crippen LogP contribution >= 0.6 is 11.8 Å². The molecule has 1 unspecified atom stereocenters. The van der Waals surface area contributed by atoms with Crippen molar-refractivity contribution in [1.29, 1.82) is 0 Å². The average molecular weight is 329 g/mol. The van der Waals surface area contributed by atoms with Gasteiger partial charge in [-0.25, -0.2) is 8.42 Å². The van der Waals surface area contributed by atoms with Gasteiger partial charge < -0.3 is 4.74 Å². The summed E-state index contributed by atoms with van der Waals surface area (Å²) in [6, 6.07) is 5.19. The van der Waals surface area contributed by atoms with Gasteiger partial charge in [0.05, 0.1) is 7.11 Å². The van der Waals surface area contributed by atoms with E-state index in [1.165, 1.54) is 6.26 Å². The Labute approximate surface area is 129 Å². The molecule has 0 aromatic heterocycles. The topological polar surface area (TPSA) is 63.7 Å². The minimum Gasteiger partial charge on any atom is -0.496 e. The smallest absolute Gasteiger partial charge is 0.164 e. The van der Waals surface area contributed by atoms with Crippen molar-refractivity contribution in [2.75, 3.05) is 31.4 Å². The van der Waals surface area contributed by atoms with E-state index in [9.17, 15) is 13.2 Å². The lowest BCUT2D eigenvalue weighted by atomic mass is 10.1. The molecule has 1 aromatic rings. The summed E-state index contributed by atoms with van der Waals surface area (Å²) in [5.74, 6) is 2.15. The number of ether oxygens (including phenoxy) is 1. The Morgan fingerprint density at radius 2 is 2.24 bits per heavy atom. The highest BCUT2D eigenvalue weighted by molar-refractivity contribution is 8.00. The summed E-state index contributed by atoms with van der Waals surface area (Å²) in [5.41, 5.74) is 1.40. The molecular formula is C14H19NO4S2. The summed E-state index contributed by atoms with van der Waals surface area (Å²) in [6.45, 7) is 1.17. The van der Waals surface area contributed by atoms with Gasteiger partial charge in [-0.1, -0.05) is 0 Å². The molecule has 7 heteroatoms. The third-order valence-corrected chi connectivity index (χ3v) is 6.19. The highest BCUT2D eigenvalue weighted by atomic mass is 32.2. The molecule has 1 aromatic carbocycles. The molecule has 0 spiro atoms. The van der Waals surface area contributed by atoms with E-state index in [1.807, 2.05) is 4.90 Å². The Hall–Kier alpha value is -1.05. The van der Waals surface area contributed by atoms with Crippen LogP contribution in [0.1, 0.15) is 15.9 Å². The first-order valence-electron chi connectivity index (χ1n) is 6.58. The molecule has 2 rings (SSSR count). The van der Waals surface area contributed by atoms with Gasteiger partial charge in [0.25, 0.3) is 0 Å². The van der Waals surface area contributed by atoms with Crippen molar-refractivity contribution >= 4 is 27.9 Å². The van der Waals surface area contributed by atoms with Crippen LogP contribution in [0.25, 0.3) is 0 Å². The van der Waals surface area contributed by atoms with Crippen LogP contribution in [0.15, 0.2) is 18.2 Å². The largest absolute Gasteiger partial charge is 0.496 e. The molecule has 1 saturated heterocycles. The Kier molecular flexibility index (Phi) is 5.29. The number of aldehydes is 1. The second kappa shape index (κ2) is 6.81. The van der Waals surface area contributed by atoms with E-state index in [0.717, 1.165) is 17.6 Å². The van der Waals surface area contributed by atoms with Crippen LogP contribution < -0.4 is 4.74 Å². The minimum atomic E-state index is -3.14. The van der Waals surface area contributed by atoms with Gasteiger partial charge >= 0.3 is 0 Å². The van der Waals surface area contributed by atoms with Crippen LogP contribution in [-0.2, 0) is 16.4 Å². The first-order valence-corrected chi connectivity index (χ1v) is 9.69. The van der Waals surface area contributed by atoms with Crippen molar-refractivity contribution in [3.8, 4) is 5.75 Å². The Bertz CT molecular complexity index is 615. The van der Waals surface area contributed by atoms with Gasteiger partial charge in [-0.2, -0.15) is 11.8 Å². The SMILES string of the molecule is COc1ccc(C=O)cc1CN1CCSCC1S(C)(=O)=O. The highest BCUT2D eigenvalue weighted by Gasteiger charge is 2.31. The van der Waals surface area contributed by atoms with E-state index >= 15 is 0 Å². The summed E-state index contributed by atoms with van der Waals surface area (Å²) in [6.07, 6.45) is 2.05. The molecule has 21 heavy (non-hydrogen) atoms. The molecule has 1 aliphatic heterocycles. The molecule has 1 fully saturated rings. The Morgan fingerprint density at radius 3 is 2.86 bits per heavy atom. The number of carbonyl (C=O) groups is 1. The molecule has 1 heterocycles. The van der Waals surface area contributed by atoms with Crippen molar-refractivity contribution in [2.45, 2.75) is 11.9 Å². The summed E-state index contributed by atoms with van der Waals surface area (Å²) >= 11 is 1.65. The fraction of sp³-hybridized carbons (Fsp3) is 0.500. The molecule has 0 bridgehead atoms. The summed E-state index contributed by atoms with van der Waals surface area (Å²) in [4.78, 5) is 12.9. The monoisotopic (exact) mass is 329 g/mol. The van der Waals surface area contributed by atoms with Crippen molar-refractivity contribution in [3.63, 3.8) is 0 Å². The molecule has 0 saturated carbocycles. The van der Waals surface area contributed by atoms with Crippen LogP contribution in [-0.4, -0.2) is 56.4 Å². The number of sulfone groups is 1. The second-order valence-corrected chi connectivity index (χ2v) is 8.37. The van der Waals surface area contributed by atoms with E-state index in [1.54, 1.807) is 37.1 Å². The van der Waals surface area contributed by atoms with Gasteiger partial charge in [0.15, 0.2) is 9.84 Å². The predicted molar refractivity (Wildman–Crippen MR) is 84.7 cm³/mol. The van der Waals surface area contributed by atoms with Gasteiger partial charge in [0, 0.05) is 42.0 Å². The molecule has 5 nitrogen and oxygen atoms in total. The number of carbonyl (C=O) groups excluding carboxylic acids is 1. The van der Waals surface area contributed by atoms with Crippen LogP contribution in [0.5, 0.6) is 5.75 Å². The van der Waals surface area contributed by atoms with E-state index in [-0.39, 0.29) is 0 Å². The molecule has 0 radical (unpaired) electrons. The lowest BCUT2D eigenvalue weighted by molar-refractivity contribution is 0.112. The minimum absolute atomic E-state index is 0.461. The maximum absolute atomic E-state index is 11.9. The number of nitrogens with zero attached hydrogens (tertiary/aromatic N) is 1. The van der Waals surface area contributed by atoms with Gasteiger partial charge in [-0.3, -0.25) is 9.69 Å². The van der Waals surface area contributed by atoms with Crippen LogP contribution in [0.3, 0.4) is 0 Å². The second-order valence-electron chi connectivity index (χ2n) is 5.02. The van der Waals surface area contributed by atoms with Gasteiger partial charge in [0.2, 0.25) is 0 Å². The molecule has 0 amide bonds. The quantitative estimate of drug-likeness (QED) is 0.762. The lowest BCUT2D eigenvalue weighted by Crippen LogP contribution is -2.46. The van der Waals surface area contributed by atoms with Gasteiger partial charge in [0.1, 0.15) is 17.4 Å².